The third kappa shape index (κ3) is 7.16. The molecule has 1 saturated heterocycles. The van der Waals surface area contributed by atoms with Gasteiger partial charge in [-0.3, -0.25) is 4.79 Å². The Balaban J connectivity index is 1.16. The van der Waals surface area contributed by atoms with Crippen LogP contribution < -0.4 is 5.32 Å². The molecule has 3 nitrogen and oxygen atoms in total. The number of esters is 1. The zero-order chi connectivity index (χ0) is 23.6. The Labute approximate surface area is 212 Å². The second-order valence-electron chi connectivity index (χ2n) is 9.50. The number of fused-ring (bicyclic) bond motifs is 2. The molecule has 0 radical (unpaired) electrons. The number of carbonyl (C=O) groups excluding carboxylic acids is 1. The van der Waals surface area contributed by atoms with Gasteiger partial charge >= 0.3 is 5.97 Å². The van der Waals surface area contributed by atoms with Gasteiger partial charge in [-0.2, -0.15) is 0 Å². The topological polar surface area (TPSA) is 38.3 Å². The van der Waals surface area contributed by atoms with Gasteiger partial charge in [0.2, 0.25) is 0 Å². The second-order valence-corrected chi connectivity index (χ2v) is 12.5. The van der Waals surface area contributed by atoms with Gasteiger partial charge in [0.05, 0.1) is 0 Å². The number of benzene rings is 2. The summed E-state index contributed by atoms with van der Waals surface area (Å²) in [5.41, 5.74) is 6.93. The van der Waals surface area contributed by atoms with Crippen molar-refractivity contribution in [1.29, 1.82) is 0 Å². The van der Waals surface area contributed by atoms with Crippen LogP contribution in [0.15, 0.2) is 54.6 Å². The van der Waals surface area contributed by atoms with Crippen LogP contribution in [0.5, 0.6) is 0 Å². The van der Waals surface area contributed by atoms with E-state index in [0.717, 1.165) is 38.6 Å². The summed E-state index contributed by atoms with van der Waals surface area (Å²) < 4.78 is 5.83. The summed E-state index contributed by atoms with van der Waals surface area (Å²) in [6.07, 6.45) is 10.6. The highest BCUT2D eigenvalue weighted by Gasteiger charge is 2.29. The van der Waals surface area contributed by atoms with Crippen molar-refractivity contribution < 1.29 is 9.53 Å². The van der Waals surface area contributed by atoms with Crippen LogP contribution in [0.4, 0.5) is 0 Å². The third-order valence-corrected chi connectivity index (χ3v) is 10.2. The van der Waals surface area contributed by atoms with Gasteiger partial charge in [0, 0.05) is 23.5 Å². The number of aryl methyl sites for hydroxylation is 2. The van der Waals surface area contributed by atoms with Gasteiger partial charge in [-0.15, -0.1) is 0 Å². The molecular weight excluding hydrogens is 458 g/mol. The Morgan fingerprint density at radius 1 is 1.03 bits per heavy atom. The molecule has 0 aromatic heterocycles. The Morgan fingerprint density at radius 2 is 1.74 bits per heavy atom. The van der Waals surface area contributed by atoms with Crippen molar-refractivity contribution in [1.82, 2.24) is 5.32 Å². The number of ether oxygens (including phenoxy) is 1. The second kappa shape index (κ2) is 12.9. The number of rotatable bonds is 11. The fourth-order valence-electron chi connectivity index (χ4n) is 4.81. The Bertz CT molecular complexity index is 932. The van der Waals surface area contributed by atoms with E-state index in [0.29, 0.717) is 24.3 Å². The first kappa shape index (κ1) is 25.4. The number of nitrogens with one attached hydrogen (secondary N) is 1. The number of carbonyl (C=O) groups is 1. The Hall–Kier alpha value is -1.69. The summed E-state index contributed by atoms with van der Waals surface area (Å²) in [6.45, 7) is 4.38. The van der Waals surface area contributed by atoms with E-state index in [1.807, 2.05) is 21.6 Å². The SMILES string of the molecule is C[C@@]1(CCCCC(=O)OCCNCCC=C2c3ccccc3CCc3ccccc32)CCSS1. The first-order chi connectivity index (χ1) is 16.6. The highest BCUT2D eigenvalue weighted by atomic mass is 33.1. The molecule has 0 unspecified atom stereocenters. The van der Waals surface area contributed by atoms with Gasteiger partial charge in [0.1, 0.15) is 6.61 Å². The molecule has 4 rings (SSSR count). The lowest BCUT2D eigenvalue weighted by molar-refractivity contribution is -0.143. The normalized spacial score (nSPS) is 19.3. The molecule has 1 fully saturated rings. The molecule has 1 aliphatic heterocycles. The van der Waals surface area contributed by atoms with Crippen LogP contribution in [0.3, 0.4) is 0 Å². The minimum atomic E-state index is -0.0609. The van der Waals surface area contributed by atoms with E-state index in [9.17, 15) is 4.79 Å². The molecule has 0 saturated carbocycles. The molecule has 34 heavy (non-hydrogen) atoms. The van der Waals surface area contributed by atoms with E-state index in [2.05, 4.69) is 66.8 Å². The first-order valence-corrected chi connectivity index (χ1v) is 15.0. The van der Waals surface area contributed by atoms with Gasteiger partial charge in [0.15, 0.2) is 0 Å². The van der Waals surface area contributed by atoms with E-state index >= 15 is 0 Å². The van der Waals surface area contributed by atoms with Crippen LogP contribution in [0.25, 0.3) is 5.57 Å². The highest BCUT2D eigenvalue weighted by Crippen LogP contribution is 2.49. The minimum absolute atomic E-state index is 0.0609. The molecule has 1 heterocycles. The predicted molar refractivity (Wildman–Crippen MR) is 147 cm³/mol. The molecule has 0 spiro atoms. The third-order valence-electron chi connectivity index (χ3n) is 6.80. The fraction of sp³-hybridized carbons (Fsp3) is 0.483. The van der Waals surface area contributed by atoms with Crippen LogP contribution >= 0.6 is 21.6 Å². The van der Waals surface area contributed by atoms with Crippen molar-refractivity contribution in [3.05, 3.63) is 76.9 Å². The Morgan fingerprint density at radius 3 is 2.41 bits per heavy atom. The molecule has 2 aromatic rings. The van der Waals surface area contributed by atoms with E-state index in [1.54, 1.807) is 0 Å². The maximum absolute atomic E-state index is 12.0. The van der Waals surface area contributed by atoms with Crippen LogP contribution in [0, 0.1) is 0 Å². The van der Waals surface area contributed by atoms with Crippen molar-refractivity contribution in [2.24, 2.45) is 0 Å². The maximum atomic E-state index is 12.0. The molecule has 1 N–H and O–H groups in total. The van der Waals surface area contributed by atoms with Gasteiger partial charge in [-0.05, 0) is 79.8 Å². The molecule has 1 aliphatic carbocycles. The van der Waals surface area contributed by atoms with Gasteiger partial charge in [-0.25, -0.2) is 0 Å². The van der Waals surface area contributed by atoms with E-state index < -0.39 is 0 Å². The van der Waals surface area contributed by atoms with Gasteiger partial charge < -0.3 is 10.1 Å². The molecular formula is C29H37NO2S2. The van der Waals surface area contributed by atoms with Crippen molar-refractivity contribution in [2.45, 2.75) is 63.0 Å². The summed E-state index contributed by atoms with van der Waals surface area (Å²) in [6, 6.07) is 17.6. The van der Waals surface area contributed by atoms with Gasteiger partial charge in [0.25, 0.3) is 0 Å². The van der Waals surface area contributed by atoms with Crippen LogP contribution in [0.1, 0.15) is 67.7 Å². The summed E-state index contributed by atoms with van der Waals surface area (Å²) >= 11 is 0. The lowest BCUT2D eigenvalue weighted by Crippen LogP contribution is -2.22. The summed E-state index contributed by atoms with van der Waals surface area (Å²) in [7, 11) is 4.00. The standard InChI is InChI=1S/C29H37NO2S2/c1-29(18-22-33-34-29)17-7-6-14-28(31)32-21-20-30-19-8-13-27-25-11-4-2-9-23(25)15-16-24-10-3-5-12-26(24)27/h2-5,9-13,30H,6-8,14-22H2,1H3/t29-/m1/s1. The molecule has 1 atom stereocenters. The smallest absolute Gasteiger partial charge is 0.305 e. The van der Waals surface area contributed by atoms with E-state index in [-0.39, 0.29) is 5.97 Å². The largest absolute Gasteiger partial charge is 0.464 e. The minimum Gasteiger partial charge on any atom is -0.464 e. The molecule has 2 aliphatic rings. The number of unbranched alkanes of at least 4 members (excludes halogenated alkanes) is 1. The Kier molecular flexibility index (Phi) is 9.60. The average molecular weight is 496 g/mol. The first-order valence-electron chi connectivity index (χ1n) is 12.7. The molecule has 182 valence electrons. The lowest BCUT2D eigenvalue weighted by atomic mass is 9.93. The van der Waals surface area contributed by atoms with Crippen LogP contribution in [-0.2, 0) is 22.4 Å². The van der Waals surface area contributed by atoms with Crippen molar-refractivity contribution in [3.8, 4) is 0 Å². The van der Waals surface area contributed by atoms with E-state index in [1.165, 1.54) is 46.4 Å². The van der Waals surface area contributed by atoms with E-state index in [4.69, 9.17) is 4.74 Å². The highest BCUT2D eigenvalue weighted by molar-refractivity contribution is 8.77. The quantitative estimate of drug-likeness (QED) is 0.210. The van der Waals surface area contributed by atoms with Crippen LogP contribution in [0.2, 0.25) is 0 Å². The summed E-state index contributed by atoms with van der Waals surface area (Å²) in [4.78, 5) is 12.0. The molecule has 0 bridgehead atoms. The molecule has 2 aromatic carbocycles. The predicted octanol–water partition coefficient (Wildman–Crippen LogP) is 6.84. The monoisotopic (exact) mass is 495 g/mol. The average Bonchev–Trinajstić information content (AvgIpc) is 3.22. The van der Waals surface area contributed by atoms with Gasteiger partial charge in [-0.1, -0.05) is 82.6 Å². The molecule has 5 heteroatoms. The van der Waals surface area contributed by atoms with Crippen molar-refractivity contribution in [2.75, 3.05) is 25.4 Å². The van der Waals surface area contributed by atoms with Crippen LogP contribution in [-0.4, -0.2) is 36.2 Å². The molecule has 0 amide bonds. The maximum Gasteiger partial charge on any atom is 0.305 e. The summed E-state index contributed by atoms with van der Waals surface area (Å²) in [5, 5.41) is 3.43. The fourth-order valence-corrected chi connectivity index (χ4v) is 8.10. The zero-order valence-corrected chi connectivity index (χ0v) is 21.9. The lowest BCUT2D eigenvalue weighted by Gasteiger charge is -2.20. The summed E-state index contributed by atoms with van der Waals surface area (Å²) in [5.74, 6) is 1.20. The number of hydrogen-bond acceptors (Lipinski definition) is 5. The van der Waals surface area contributed by atoms with Crippen molar-refractivity contribution >= 4 is 33.1 Å². The number of hydrogen-bond donors (Lipinski definition) is 1. The van der Waals surface area contributed by atoms with Crippen molar-refractivity contribution in [3.63, 3.8) is 0 Å². The zero-order valence-electron chi connectivity index (χ0n) is 20.3.